The molecule has 1 aliphatic rings. The van der Waals surface area contributed by atoms with E-state index in [1.165, 1.54) is 0 Å². The van der Waals surface area contributed by atoms with Crippen LogP contribution < -0.4 is 10.6 Å². The molecular formula is C15H23N3O3. The van der Waals surface area contributed by atoms with Gasteiger partial charge in [-0.2, -0.15) is 0 Å². The molecule has 116 valence electrons. The summed E-state index contributed by atoms with van der Waals surface area (Å²) in [6.45, 7) is 3.29. The Bertz CT molecular complexity index is 493. The van der Waals surface area contributed by atoms with Crippen LogP contribution in [0.3, 0.4) is 0 Å². The SMILES string of the molecule is CCCNc1cccc(NCC2CCCC2O)c1[N+](=O)[O-]. The molecule has 6 heteroatoms. The molecular weight excluding hydrogens is 270 g/mol. The summed E-state index contributed by atoms with van der Waals surface area (Å²) in [6.07, 6.45) is 3.43. The predicted octanol–water partition coefficient (Wildman–Crippen LogP) is 2.99. The van der Waals surface area contributed by atoms with E-state index < -0.39 is 0 Å². The molecule has 1 saturated carbocycles. The van der Waals surface area contributed by atoms with Gasteiger partial charge in [0.05, 0.1) is 11.0 Å². The monoisotopic (exact) mass is 293 g/mol. The lowest BCUT2D eigenvalue weighted by Crippen LogP contribution is -2.22. The maximum Gasteiger partial charge on any atom is 0.315 e. The third-order valence-electron chi connectivity index (χ3n) is 3.96. The second kappa shape index (κ2) is 7.26. The first-order valence-electron chi connectivity index (χ1n) is 7.56. The van der Waals surface area contributed by atoms with Crippen molar-refractivity contribution in [3.8, 4) is 0 Å². The fourth-order valence-electron chi connectivity index (χ4n) is 2.78. The predicted molar refractivity (Wildman–Crippen MR) is 83.7 cm³/mol. The van der Waals surface area contributed by atoms with E-state index in [-0.39, 0.29) is 22.6 Å². The van der Waals surface area contributed by atoms with E-state index in [2.05, 4.69) is 10.6 Å². The first-order chi connectivity index (χ1) is 10.1. The number of nitrogens with zero attached hydrogens (tertiary/aromatic N) is 1. The Hall–Kier alpha value is -1.82. The molecule has 21 heavy (non-hydrogen) atoms. The molecule has 0 aliphatic heterocycles. The number of para-hydroxylation sites is 1. The van der Waals surface area contributed by atoms with Crippen molar-refractivity contribution >= 4 is 17.1 Å². The van der Waals surface area contributed by atoms with Crippen molar-refractivity contribution < 1.29 is 10.0 Å². The van der Waals surface area contributed by atoms with Crippen LogP contribution in [0.2, 0.25) is 0 Å². The number of nitro groups is 1. The van der Waals surface area contributed by atoms with E-state index in [4.69, 9.17) is 0 Å². The maximum absolute atomic E-state index is 11.3. The first-order valence-corrected chi connectivity index (χ1v) is 7.56. The zero-order valence-electron chi connectivity index (χ0n) is 12.3. The molecule has 1 aliphatic carbocycles. The van der Waals surface area contributed by atoms with Crippen molar-refractivity contribution in [2.75, 3.05) is 23.7 Å². The molecule has 0 spiro atoms. The molecule has 6 nitrogen and oxygen atoms in total. The largest absolute Gasteiger partial charge is 0.393 e. The van der Waals surface area contributed by atoms with Crippen LogP contribution in [-0.2, 0) is 0 Å². The molecule has 0 amide bonds. The van der Waals surface area contributed by atoms with Crippen LogP contribution in [0.4, 0.5) is 17.1 Å². The van der Waals surface area contributed by atoms with Gasteiger partial charge in [-0.05, 0) is 31.4 Å². The van der Waals surface area contributed by atoms with Crippen molar-refractivity contribution in [2.24, 2.45) is 5.92 Å². The number of hydrogen-bond donors (Lipinski definition) is 3. The number of anilines is 2. The number of benzene rings is 1. The average Bonchev–Trinajstić information content (AvgIpc) is 2.87. The van der Waals surface area contributed by atoms with Crippen molar-refractivity contribution in [3.05, 3.63) is 28.3 Å². The molecule has 3 N–H and O–H groups in total. The van der Waals surface area contributed by atoms with Gasteiger partial charge in [0, 0.05) is 19.0 Å². The zero-order valence-corrected chi connectivity index (χ0v) is 12.3. The number of aliphatic hydroxyl groups is 1. The number of hydrogen-bond acceptors (Lipinski definition) is 5. The molecule has 2 unspecified atom stereocenters. The third kappa shape index (κ3) is 3.85. The number of aliphatic hydroxyl groups excluding tert-OH is 1. The molecule has 0 aromatic heterocycles. The van der Waals surface area contributed by atoms with Crippen molar-refractivity contribution in [1.82, 2.24) is 0 Å². The minimum atomic E-state index is -0.356. The van der Waals surface area contributed by atoms with Gasteiger partial charge in [-0.15, -0.1) is 0 Å². The Morgan fingerprint density at radius 1 is 1.33 bits per heavy atom. The molecule has 0 radical (unpaired) electrons. The molecule has 0 saturated heterocycles. The van der Waals surface area contributed by atoms with Crippen molar-refractivity contribution in [3.63, 3.8) is 0 Å². The summed E-state index contributed by atoms with van der Waals surface area (Å²) >= 11 is 0. The van der Waals surface area contributed by atoms with Crippen LogP contribution in [0.15, 0.2) is 18.2 Å². The van der Waals surface area contributed by atoms with Gasteiger partial charge in [0.1, 0.15) is 11.4 Å². The van der Waals surface area contributed by atoms with E-state index in [0.717, 1.165) is 25.7 Å². The quantitative estimate of drug-likeness (QED) is 0.531. The van der Waals surface area contributed by atoms with E-state index in [1.807, 2.05) is 6.92 Å². The number of rotatable bonds is 7. The highest BCUT2D eigenvalue weighted by Gasteiger charge is 2.26. The Balaban J connectivity index is 2.12. The van der Waals surface area contributed by atoms with Crippen molar-refractivity contribution in [2.45, 2.75) is 38.7 Å². The summed E-state index contributed by atoms with van der Waals surface area (Å²) in [5.41, 5.74) is 1.14. The summed E-state index contributed by atoms with van der Waals surface area (Å²) in [4.78, 5) is 11.0. The summed E-state index contributed by atoms with van der Waals surface area (Å²) < 4.78 is 0. The highest BCUT2D eigenvalue weighted by atomic mass is 16.6. The van der Waals surface area contributed by atoms with Gasteiger partial charge < -0.3 is 15.7 Å². The third-order valence-corrected chi connectivity index (χ3v) is 3.96. The summed E-state index contributed by atoms with van der Waals surface area (Å²) in [5.74, 6) is 0.178. The van der Waals surface area contributed by atoms with Crippen LogP contribution >= 0.6 is 0 Å². The molecule has 0 bridgehead atoms. The lowest BCUT2D eigenvalue weighted by Gasteiger charge is -2.17. The highest BCUT2D eigenvalue weighted by Crippen LogP contribution is 2.34. The second-order valence-electron chi connectivity index (χ2n) is 5.52. The van der Waals surface area contributed by atoms with Crippen LogP contribution in [0, 0.1) is 16.0 Å². The van der Waals surface area contributed by atoms with E-state index in [1.54, 1.807) is 18.2 Å². The summed E-state index contributed by atoms with van der Waals surface area (Å²) in [7, 11) is 0. The molecule has 1 aromatic carbocycles. The first kappa shape index (κ1) is 15.6. The molecule has 1 fully saturated rings. The van der Waals surface area contributed by atoms with Gasteiger partial charge in [0.25, 0.3) is 0 Å². The number of nitrogens with one attached hydrogen (secondary N) is 2. The Morgan fingerprint density at radius 2 is 2.05 bits per heavy atom. The smallest absolute Gasteiger partial charge is 0.315 e. The Labute approximate surface area is 124 Å². The molecule has 2 rings (SSSR count). The maximum atomic E-state index is 11.3. The van der Waals surface area contributed by atoms with E-state index in [0.29, 0.717) is 24.5 Å². The van der Waals surface area contributed by atoms with Crippen LogP contribution in [-0.4, -0.2) is 29.2 Å². The summed E-state index contributed by atoms with van der Waals surface area (Å²) in [6, 6.07) is 5.25. The Morgan fingerprint density at radius 3 is 2.62 bits per heavy atom. The topological polar surface area (TPSA) is 87.4 Å². The van der Waals surface area contributed by atoms with Crippen LogP contribution in [0.25, 0.3) is 0 Å². The molecule has 0 heterocycles. The van der Waals surface area contributed by atoms with Gasteiger partial charge in [-0.3, -0.25) is 10.1 Å². The van der Waals surface area contributed by atoms with Gasteiger partial charge in [0.15, 0.2) is 0 Å². The minimum Gasteiger partial charge on any atom is -0.393 e. The normalized spacial score (nSPS) is 21.2. The number of nitro benzene ring substituents is 1. The summed E-state index contributed by atoms with van der Waals surface area (Å²) in [5, 5.41) is 27.4. The fraction of sp³-hybridized carbons (Fsp3) is 0.600. The zero-order chi connectivity index (χ0) is 15.2. The fourth-order valence-corrected chi connectivity index (χ4v) is 2.78. The van der Waals surface area contributed by atoms with Gasteiger partial charge in [-0.1, -0.05) is 19.4 Å². The molecule has 2 atom stereocenters. The second-order valence-corrected chi connectivity index (χ2v) is 5.52. The van der Waals surface area contributed by atoms with Gasteiger partial charge >= 0.3 is 5.69 Å². The average molecular weight is 293 g/mol. The van der Waals surface area contributed by atoms with Crippen LogP contribution in [0.1, 0.15) is 32.6 Å². The minimum absolute atomic E-state index is 0.0819. The van der Waals surface area contributed by atoms with Gasteiger partial charge in [0.2, 0.25) is 0 Å². The van der Waals surface area contributed by atoms with Gasteiger partial charge in [-0.25, -0.2) is 0 Å². The lowest BCUT2D eigenvalue weighted by atomic mass is 10.1. The van der Waals surface area contributed by atoms with Crippen molar-refractivity contribution in [1.29, 1.82) is 0 Å². The highest BCUT2D eigenvalue weighted by molar-refractivity contribution is 5.76. The standard InChI is InChI=1S/C15H23N3O3/c1-2-9-16-12-6-4-7-13(15(12)18(20)21)17-10-11-5-3-8-14(11)19/h4,6-7,11,14,16-17,19H,2-3,5,8-10H2,1H3. The lowest BCUT2D eigenvalue weighted by molar-refractivity contribution is -0.383. The molecule has 1 aromatic rings. The van der Waals surface area contributed by atoms with E-state index >= 15 is 0 Å². The Kier molecular flexibility index (Phi) is 5.38. The van der Waals surface area contributed by atoms with E-state index in [9.17, 15) is 15.2 Å². The van der Waals surface area contributed by atoms with Crippen LogP contribution in [0.5, 0.6) is 0 Å².